The van der Waals surface area contributed by atoms with Crippen molar-refractivity contribution in [3.05, 3.63) is 29.3 Å². The molecule has 0 aromatic heterocycles. The van der Waals surface area contributed by atoms with Crippen LogP contribution in [0.25, 0.3) is 0 Å². The fourth-order valence-electron chi connectivity index (χ4n) is 4.31. The number of aldehydes is 1. The Bertz CT molecular complexity index is 1020. The molecule has 0 fully saturated rings. The van der Waals surface area contributed by atoms with Crippen LogP contribution >= 0.6 is 0 Å². The van der Waals surface area contributed by atoms with Crippen LogP contribution in [0.2, 0.25) is 0 Å². The minimum absolute atomic E-state index is 0.0724. The second-order valence-corrected chi connectivity index (χ2v) is 11.1. The zero-order chi connectivity index (χ0) is 33.0. The summed E-state index contributed by atoms with van der Waals surface area (Å²) in [6.45, 7) is 13.4. The van der Waals surface area contributed by atoms with Crippen LogP contribution in [0, 0.1) is 0 Å². The molecule has 0 saturated carbocycles. The Morgan fingerprint density at radius 3 is 2.09 bits per heavy atom. The molecule has 1 aliphatic heterocycles. The molecule has 1 aliphatic rings. The number of unbranched alkanes of at least 4 members (excludes halogenated alkanes) is 5. The number of amides is 4. The van der Waals surface area contributed by atoms with Crippen molar-refractivity contribution >= 4 is 35.8 Å². The minimum Gasteiger partial charge on any atom is -0.444 e. The summed E-state index contributed by atoms with van der Waals surface area (Å²) < 4.78 is 5.21. The van der Waals surface area contributed by atoms with Crippen LogP contribution in [0.3, 0.4) is 0 Å². The Morgan fingerprint density at radius 2 is 1.56 bits per heavy atom. The maximum atomic E-state index is 13.3. The number of nitrogens with zero attached hydrogens (tertiary/aromatic N) is 2. The van der Waals surface area contributed by atoms with Crippen molar-refractivity contribution in [1.29, 1.82) is 0 Å². The van der Waals surface area contributed by atoms with Crippen molar-refractivity contribution < 1.29 is 28.7 Å². The van der Waals surface area contributed by atoms with Gasteiger partial charge in [0.05, 0.1) is 11.1 Å². The number of ether oxygens (including phenoxy) is 1. The summed E-state index contributed by atoms with van der Waals surface area (Å²) in [6.07, 6.45) is 6.37. The summed E-state index contributed by atoms with van der Waals surface area (Å²) in [5.74, 6) is -1.42. The molecule has 0 spiro atoms. The van der Waals surface area contributed by atoms with Crippen molar-refractivity contribution in [2.45, 2.75) is 105 Å². The normalized spacial score (nSPS) is 12.6. The third kappa shape index (κ3) is 14.0. The molecule has 1 heterocycles. The molecule has 4 N–H and O–H groups in total. The van der Waals surface area contributed by atoms with E-state index in [1.807, 2.05) is 41.5 Å². The quantitative estimate of drug-likeness (QED) is 0.144. The van der Waals surface area contributed by atoms with Crippen molar-refractivity contribution in [3.8, 4) is 0 Å². The first kappa shape index (κ1) is 39.5. The van der Waals surface area contributed by atoms with Crippen molar-refractivity contribution in [3.63, 3.8) is 0 Å². The lowest BCUT2D eigenvalue weighted by atomic mass is 10.1. The van der Waals surface area contributed by atoms with Gasteiger partial charge >= 0.3 is 6.09 Å². The first-order valence-electron chi connectivity index (χ1n) is 15.5. The third-order valence-corrected chi connectivity index (χ3v) is 6.13. The topological polar surface area (TPSA) is 151 Å². The van der Waals surface area contributed by atoms with Crippen molar-refractivity contribution in [2.24, 2.45) is 5.73 Å². The number of benzene rings is 1. The molecule has 244 valence electrons. The molecule has 1 aromatic rings. The molecule has 1 unspecified atom stereocenters. The second-order valence-electron chi connectivity index (χ2n) is 11.1. The van der Waals surface area contributed by atoms with Crippen LogP contribution in [-0.4, -0.2) is 85.3 Å². The lowest BCUT2D eigenvalue weighted by Crippen LogP contribution is -2.49. The number of carbonyl (C=O) groups excluding carboxylic acids is 5. The number of fused-ring (bicyclic) bond motifs is 1. The molecule has 0 saturated heterocycles. The van der Waals surface area contributed by atoms with E-state index in [-0.39, 0.29) is 30.1 Å². The maximum Gasteiger partial charge on any atom is 0.407 e. The molecule has 11 nitrogen and oxygen atoms in total. The van der Waals surface area contributed by atoms with Gasteiger partial charge in [-0.1, -0.05) is 52.5 Å². The molecular weight excluding hydrogens is 550 g/mol. The highest BCUT2D eigenvalue weighted by molar-refractivity contribution is 6.25. The highest BCUT2D eigenvalue weighted by Gasteiger charge is 2.44. The summed E-state index contributed by atoms with van der Waals surface area (Å²) in [4.78, 5) is 64.0. The number of hydrogen-bond donors (Lipinski definition) is 3. The zero-order valence-corrected chi connectivity index (χ0v) is 27.6. The van der Waals surface area contributed by atoms with Gasteiger partial charge in [-0.05, 0) is 58.7 Å². The standard InChI is InChI=1S/C28H42N4O6.C2H7N.C2H6/c1-28(2,3)38-27(37)30-18-11-9-7-6-8-10-17-29-21-15-12-14-20-23(21)26(36)32(24(20)34)22(16-13-19-33)25(35)31(4)5;1-2-3;1-2/h12,14-15,19,22,29H,6-11,13,16-18H2,1-5H3,(H,30,37);2-3H2,1H3;1-2H3. The largest absolute Gasteiger partial charge is 0.444 e. The van der Waals surface area contributed by atoms with Gasteiger partial charge in [0, 0.05) is 39.3 Å². The van der Waals surface area contributed by atoms with Crippen LogP contribution in [0.1, 0.15) is 114 Å². The molecular formula is C32H55N5O6. The van der Waals surface area contributed by atoms with Crippen LogP contribution in [0.15, 0.2) is 18.2 Å². The maximum absolute atomic E-state index is 13.3. The Hall–Kier alpha value is -3.47. The van der Waals surface area contributed by atoms with Gasteiger partial charge in [0.2, 0.25) is 5.91 Å². The van der Waals surface area contributed by atoms with E-state index in [1.165, 1.54) is 4.90 Å². The predicted molar refractivity (Wildman–Crippen MR) is 171 cm³/mol. The van der Waals surface area contributed by atoms with Crippen LogP contribution < -0.4 is 16.4 Å². The molecule has 0 bridgehead atoms. The van der Waals surface area contributed by atoms with E-state index in [4.69, 9.17) is 10.5 Å². The molecule has 0 aliphatic carbocycles. The zero-order valence-electron chi connectivity index (χ0n) is 27.6. The summed E-state index contributed by atoms with van der Waals surface area (Å²) in [7, 11) is 3.12. The van der Waals surface area contributed by atoms with Crippen molar-refractivity contribution in [1.82, 2.24) is 15.1 Å². The van der Waals surface area contributed by atoms with E-state index in [2.05, 4.69) is 10.6 Å². The number of rotatable bonds is 15. The van der Waals surface area contributed by atoms with Crippen LogP contribution in [0.4, 0.5) is 10.5 Å². The second kappa shape index (κ2) is 21.3. The van der Waals surface area contributed by atoms with Gasteiger partial charge in [0.25, 0.3) is 11.8 Å². The highest BCUT2D eigenvalue weighted by atomic mass is 16.6. The number of alkyl carbamates (subject to hydrolysis) is 1. The lowest BCUT2D eigenvalue weighted by molar-refractivity contribution is -0.133. The Balaban J connectivity index is 0.00000331. The number of anilines is 1. The summed E-state index contributed by atoms with van der Waals surface area (Å²) in [6, 6.07) is 4.05. The smallest absolute Gasteiger partial charge is 0.407 e. The average molecular weight is 606 g/mol. The molecule has 1 atom stereocenters. The fraction of sp³-hybridized carbons (Fsp3) is 0.656. The third-order valence-electron chi connectivity index (χ3n) is 6.13. The van der Waals surface area contributed by atoms with Gasteiger partial charge in [0.1, 0.15) is 17.9 Å². The molecule has 4 amide bonds. The van der Waals surface area contributed by atoms with Gasteiger partial charge < -0.3 is 30.8 Å². The van der Waals surface area contributed by atoms with Crippen molar-refractivity contribution in [2.75, 3.05) is 39.0 Å². The lowest BCUT2D eigenvalue weighted by Gasteiger charge is -2.27. The summed E-state index contributed by atoms with van der Waals surface area (Å²) in [5, 5.41) is 6.04. The number of nitrogens with two attached hydrogens (primary N) is 1. The van der Waals surface area contributed by atoms with E-state index >= 15 is 0 Å². The molecule has 0 radical (unpaired) electrons. The fourth-order valence-corrected chi connectivity index (χ4v) is 4.31. The Labute approximate surface area is 258 Å². The minimum atomic E-state index is -1.02. The van der Waals surface area contributed by atoms with E-state index in [0.717, 1.165) is 50.0 Å². The molecule has 43 heavy (non-hydrogen) atoms. The van der Waals surface area contributed by atoms with Gasteiger partial charge in [-0.2, -0.15) is 0 Å². The van der Waals surface area contributed by atoms with Gasteiger partial charge in [0.15, 0.2) is 0 Å². The van der Waals surface area contributed by atoms with Gasteiger partial charge in [-0.15, -0.1) is 0 Å². The SMILES string of the molecule is CC.CCN.CN(C)C(=O)C(CCC=O)N1C(=O)c2cccc(NCCCCCCCCNC(=O)OC(C)(C)C)c2C1=O. The number of imide groups is 1. The molecule has 1 aromatic carbocycles. The van der Waals surface area contributed by atoms with E-state index in [9.17, 15) is 24.0 Å². The summed E-state index contributed by atoms with van der Waals surface area (Å²) >= 11 is 0. The van der Waals surface area contributed by atoms with Crippen LogP contribution in [0.5, 0.6) is 0 Å². The first-order valence-corrected chi connectivity index (χ1v) is 15.5. The number of likely N-dealkylation sites (N-methyl/N-ethyl adjacent to an activating group) is 1. The van der Waals surface area contributed by atoms with E-state index < -0.39 is 29.4 Å². The monoisotopic (exact) mass is 605 g/mol. The van der Waals surface area contributed by atoms with E-state index in [1.54, 1.807) is 32.3 Å². The Morgan fingerprint density at radius 1 is 1.00 bits per heavy atom. The first-order chi connectivity index (χ1) is 20.4. The summed E-state index contributed by atoms with van der Waals surface area (Å²) in [5.41, 5.74) is 5.47. The average Bonchev–Trinajstić information content (AvgIpc) is 3.20. The van der Waals surface area contributed by atoms with Gasteiger partial charge in [-0.3, -0.25) is 19.3 Å². The predicted octanol–water partition coefficient (Wildman–Crippen LogP) is 4.99. The molecule has 2 rings (SSSR count). The number of carbonyl (C=O) groups is 5. The van der Waals surface area contributed by atoms with Gasteiger partial charge in [-0.25, -0.2) is 4.79 Å². The molecule has 11 heteroatoms. The highest BCUT2D eigenvalue weighted by Crippen LogP contribution is 2.32. The number of hydrogen-bond acceptors (Lipinski definition) is 8. The van der Waals surface area contributed by atoms with Crippen LogP contribution in [-0.2, 0) is 14.3 Å². The number of nitrogens with one attached hydrogen (secondary N) is 2. The van der Waals surface area contributed by atoms with E-state index in [0.29, 0.717) is 25.1 Å². The Kier molecular flexibility index (Phi) is 19.5.